The van der Waals surface area contributed by atoms with E-state index in [4.69, 9.17) is 20.1 Å². The predicted molar refractivity (Wildman–Crippen MR) is 46.4 cm³/mol. The standard InChI is InChI=1S/C8H13N3O3/c9-8(2-4-13-5-8)7-10-6(1-3-12)11-14-7/h12H,1-5,9H2. The van der Waals surface area contributed by atoms with Crippen LogP contribution in [-0.4, -0.2) is 35.1 Å². The van der Waals surface area contributed by atoms with Gasteiger partial charge < -0.3 is 20.1 Å². The van der Waals surface area contributed by atoms with Crippen molar-refractivity contribution in [2.24, 2.45) is 5.73 Å². The van der Waals surface area contributed by atoms with Crippen molar-refractivity contribution < 1.29 is 14.4 Å². The van der Waals surface area contributed by atoms with Crippen LogP contribution in [0.2, 0.25) is 0 Å². The van der Waals surface area contributed by atoms with E-state index in [-0.39, 0.29) is 6.61 Å². The normalized spacial score (nSPS) is 27.0. The number of aliphatic hydroxyl groups excluding tert-OH is 1. The van der Waals surface area contributed by atoms with Crippen LogP contribution in [0.25, 0.3) is 0 Å². The highest BCUT2D eigenvalue weighted by Gasteiger charge is 2.37. The van der Waals surface area contributed by atoms with Crippen molar-refractivity contribution in [3.8, 4) is 0 Å². The summed E-state index contributed by atoms with van der Waals surface area (Å²) >= 11 is 0. The van der Waals surface area contributed by atoms with Gasteiger partial charge in [0.2, 0.25) is 5.89 Å². The van der Waals surface area contributed by atoms with E-state index in [1.807, 2.05) is 0 Å². The first-order valence-electron chi connectivity index (χ1n) is 4.55. The molecule has 1 aromatic heterocycles. The molecule has 0 bridgehead atoms. The van der Waals surface area contributed by atoms with Gasteiger partial charge in [-0.2, -0.15) is 4.98 Å². The largest absolute Gasteiger partial charge is 0.396 e. The molecule has 0 aromatic carbocycles. The number of ether oxygens (including phenoxy) is 1. The summed E-state index contributed by atoms with van der Waals surface area (Å²) in [5, 5.41) is 12.4. The monoisotopic (exact) mass is 199 g/mol. The lowest BCUT2D eigenvalue weighted by Gasteiger charge is -2.14. The summed E-state index contributed by atoms with van der Waals surface area (Å²) in [6, 6.07) is 0. The molecule has 6 heteroatoms. The minimum atomic E-state index is -0.638. The Morgan fingerprint density at radius 1 is 1.57 bits per heavy atom. The van der Waals surface area contributed by atoms with Crippen LogP contribution < -0.4 is 5.73 Å². The molecule has 0 aliphatic carbocycles. The Morgan fingerprint density at radius 3 is 3.07 bits per heavy atom. The molecule has 0 saturated carbocycles. The maximum Gasteiger partial charge on any atom is 0.249 e. The Kier molecular flexibility index (Phi) is 2.49. The topological polar surface area (TPSA) is 94.4 Å². The van der Waals surface area contributed by atoms with Gasteiger partial charge in [-0.15, -0.1) is 0 Å². The Labute approximate surface area is 81.0 Å². The average molecular weight is 199 g/mol. The van der Waals surface area contributed by atoms with E-state index in [1.165, 1.54) is 0 Å². The molecule has 0 radical (unpaired) electrons. The highest BCUT2D eigenvalue weighted by atomic mass is 16.5. The van der Waals surface area contributed by atoms with Crippen molar-refractivity contribution in [1.29, 1.82) is 0 Å². The molecule has 1 saturated heterocycles. The molecule has 1 aromatic rings. The summed E-state index contributed by atoms with van der Waals surface area (Å²) in [6.45, 7) is 1.04. The molecule has 1 atom stereocenters. The van der Waals surface area contributed by atoms with E-state index >= 15 is 0 Å². The summed E-state index contributed by atoms with van der Waals surface area (Å²) in [5.74, 6) is 0.887. The van der Waals surface area contributed by atoms with Crippen LogP contribution in [0.5, 0.6) is 0 Å². The predicted octanol–water partition coefficient (Wildman–Crippen LogP) is -0.821. The number of rotatable bonds is 3. The molecule has 3 N–H and O–H groups in total. The van der Waals surface area contributed by atoms with Crippen molar-refractivity contribution >= 4 is 0 Å². The van der Waals surface area contributed by atoms with Crippen molar-refractivity contribution in [2.45, 2.75) is 18.4 Å². The van der Waals surface area contributed by atoms with E-state index in [2.05, 4.69) is 10.1 Å². The van der Waals surface area contributed by atoms with Gasteiger partial charge in [-0.1, -0.05) is 5.16 Å². The highest BCUT2D eigenvalue weighted by molar-refractivity contribution is 5.04. The Balaban J connectivity index is 2.15. The van der Waals surface area contributed by atoms with E-state index in [9.17, 15) is 0 Å². The van der Waals surface area contributed by atoms with Crippen molar-refractivity contribution in [3.05, 3.63) is 11.7 Å². The van der Waals surface area contributed by atoms with Crippen LogP contribution in [0.1, 0.15) is 18.1 Å². The molecule has 1 aliphatic rings. The van der Waals surface area contributed by atoms with Crippen LogP contribution in [-0.2, 0) is 16.7 Å². The molecule has 78 valence electrons. The van der Waals surface area contributed by atoms with Gasteiger partial charge in [0.1, 0.15) is 5.54 Å². The van der Waals surface area contributed by atoms with Gasteiger partial charge in [0.15, 0.2) is 5.82 Å². The number of nitrogens with two attached hydrogens (primary N) is 1. The number of nitrogens with zero attached hydrogens (tertiary/aromatic N) is 2. The van der Waals surface area contributed by atoms with Gasteiger partial charge in [-0.3, -0.25) is 0 Å². The van der Waals surface area contributed by atoms with E-state index in [1.54, 1.807) is 0 Å². The minimum Gasteiger partial charge on any atom is -0.396 e. The highest BCUT2D eigenvalue weighted by Crippen LogP contribution is 2.25. The molecule has 0 spiro atoms. The van der Waals surface area contributed by atoms with Crippen molar-refractivity contribution in [2.75, 3.05) is 19.8 Å². The Bertz CT molecular complexity index is 307. The molecule has 1 aliphatic heterocycles. The number of hydrogen-bond donors (Lipinski definition) is 2. The van der Waals surface area contributed by atoms with Crippen LogP contribution >= 0.6 is 0 Å². The van der Waals surface area contributed by atoms with Gasteiger partial charge in [-0.05, 0) is 6.42 Å². The molecule has 0 amide bonds. The van der Waals surface area contributed by atoms with Gasteiger partial charge in [0, 0.05) is 13.0 Å². The fraction of sp³-hybridized carbons (Fsp3) is 0.750. The Hall–Kier alpha value is -0.980. The van der Waals surface area contributed by atoms with Crippen LogP contribution in [0.4, 0.5) is 0 Å². The molecule has 2 heterocycles. The molecule has 6 nitrogen and oxygen atoms in total. The summed E-state index contributed by atoms with van der Waals surface area (Å²) in [4.78, 5) is 4.11. The maximum atomic E-state index is 8.68. The first-order chi connectivity index (χ1) is 6.74. The third kappa shape index (κ3) is 1.63. The van der Waals surface area contributed by atoms with E-state index in [0.717, 1.165) is 0 Å². The van der Waals surface area contributed by atoms with Gasteiger partial charge >= 0.3 is 0 Å². The molecule has 1 fully saturated rings. The summed E-state index contributed by atoms with van der Waals surface area (Å²) in [7, 11) is 0. The zero-order chi connectivity index (χ0) is 10.0. The smallest absolute Gasteiger partial charge is 0.249 e. The van der Waals surface area contributed by atoms with Crippen LogP contribution in [0.3, 0.4) is 0 Å². The SMILES string of the molecule is NC1(c2nc(CCO)no2)CCOC1. The molecule has 1 unspecified atom stereocenters. The molecule has 14 heavy (non-hydrogen) atoms. The van der Waals surface area contributed by atoms with E-state index in [0.29, 0.717) is 37.8 Å². The second-order valence-electron chi connectivity index (χ2n) is 3.45. The quantitative estimate of drug-likeness (QED) is 0.660. The summed E-state index contributed by atoms with van der Waals surface area (Å²) in [6.07, 6.45) is 1.08. The number of hydrogen-bond acceptors (Lipinski definition) is 6. The van der Waals surface area contributed by atoms with Crippen molar-refractivity contribution in [3.63, 3.8) is 0 Å². The number of aromatic nitrogens is 2. The second-order valence-corrected chi connectivity index (χ2v) is 3.45. The lowest BCUT2D eigenvalue weighted by Crippen LogP contribution is -2.37. The Morgan fingerprint density at radius 2 is 2.43 bits per heavy atom. The van der Waals surface area contributed by atoms with E-state index < -0.39 is 5.54 Å². The average Bonchev–Trinajstić information content (AvgIpc) is 2.75. The lowest BCUT2D eigenvalue weighted by molar-refractivity contribution is 0.166. The molecular weight excluding hydrogens is 186 g/mol. The van der Waals surface area contributed by atoms with Gasteiger partial charge in [-0.25, -0.2) is 0 Å². The van der Waals surface area contributed by atoms with Gasteiger partial charge in [0.25, 0.3) is 0 Å². The van der Waals surface area contributed by atoms with Crippen molar-refractivity contribution in [1.82, 2.24) is 10.1 Å². The summed E-state index contributed by atoms with van der Waals surface area (Å²) < 4.78 is 10.2. The fourth-order valence-electron chi connectivity index (χ4n) is 1.41. The first kappa shape index (κ1) is 9.57. The minimum absolute atomic E-state index is 0.00699. The summed E-state index contributed by atoms with van der Waals surface area (Å²) in [5.41, 5.74) is 5.37. The third-order valence-electron chi connectivity index (χ3n) is 2.28. The van der Waals surface area contributed by atoms with Crippen LogP contribution in [0.15, 0.2) is 4.52 Å². The molecule has 2 rings (SSSR count). The molecular formula is C8H13N3O3. The van der Waals surface area contributed by atoms with Crippen LogP contribution in [0, 0.1) is 0 Å². The fourth-order valence-corrected chi connectivity index (χ4v) is 1.41. The number of aliphatic hydroxyl groups is 1. The zero-order valence-corrected chi connectivity index (χ0v) is 7.77. The lowest BCUT2D eigenvalue weighted by atomic mass is 10.0. The zero-order valence-electron chi connectivity index (χ0n) is 7.77. The second kappa shape index (κ2) is 3.64. The first-order valence-corrected chi connectivity index (χ1v) is 4.55. The maximum absolute atomic E-state index is 8.68. The third-order valence-corrected chi connectivity index (χ3v) is 2.28. The van der Waals surface area contributed by atoms with Gasteiger partial charge in [0.05, 0.1) is 13.2 Å².